The van der Waals surface area contributed by atoms with Crippen LogP contribution in [0, 0.1) is 0 Å². The first kappa shape index (κ1) is 22.9. The molecule has 3 aromatic rings. The minimum absolute atomic E-state index is 0.208. The number of hydrogen-bond acceptors (Lipinski definition) is 7. The normalized spacial score (nSPS) is 15.3. The van der Waals surface area contributed by atoms with Crippen LogP contribution in [0.15, 0.2) is 45.6 Å². The molecule has 2 aliphatic rings. The van der Waals surface area contributed by atoms with E-state index in [9.17, 15) is 19.5 Å². The van der Waals surface area contributed by atoms with E-state index in [0.29, 0.717) is 22.4 Å². The molecule has 0 saturated carbocycles. The van der Waals surface area contributed by atoms with E-state index in [0.717, 1.165) is 44.3 Å². The van der Waals surface area contributed by atoms with Crippen LogP contribution < -0.4 is 25.9 Å². The van der Waals surface area contributed by atoms with Crippen molar-refractivity contribution >= 4 is 34.2 Å². The second-order valence-corrected chi connectivity index (χ2v) is 8.85. The van der Waals surface area contributed by atoms with Crippen molar-refractivity contribution < 1.29 is 23.8 Å². The first-order chi connectivity index (χ1) is 17.0. The molecule has 0 fully saturated rings. The molecule has 0 spiro atoms. The Bertz CT molecular complexity index is 1360. The van der Waals surface area contributed by atoms with Crippen LogP contribution in [0.2, 0.25) is 0 Å². The molecule has 2 aromatic carbocycles. The monoisotopic (exact) mass is 477 g/mol. The highest BCUT2D eigenvalue weighted by Crippen LogP contribution is 2.39. The zero-order valence-corrected chi connectivity index (χ0v) is 19.4. The number of aryl methyl sites for hydroxylation is 2. The number of benzene rings is 2. The molecule has 5 rings (SSSR count). The molecule has 2 aliphatic heterocycles. The highest BCUT2D eigenvalue weighted by atomic mass is 16.5. The van der Waals surface area contributed by atoms with Crippen molar-refractivity contribution in [3.05, 3.63) is 63.5 Å². The van der Waals surface area contributed by atoms with Crippen LogP contribution in [0.25, 0.3) is 11.0 Å². The van der Waals surface area contributed by atoms with Crippen LogP contribution in [0.1, 0.15) is 34.3 Å². The average Bonchev–Trinajstić information content (AvgIpc) is 2.87. The maximum atomic E-state index is 13.0. The summed E-state index contributed by atoms with van der Waals surface area (Å²) in [5.74, 6) is -0.864. The van der Waals surface area contributed by atoms with Crippen molar-refractivity contribution in [3.8, 4) is 5.75 Å². The highest BCUT2D eigenvalue weighted by molar-refractivity contribution is 6.02. The van der Waals surface area contributed by atoms with Crippen molar-refractivity contribution in [2.75, 3.05) is 37.0 Å². The Morgan fingerprint density at radius 1 is 1.17 bits per heavy atom. The van der Waals surface area contributed by atoms with E-state index in [1.807, 2.05) is 6.07 Å². The summed E-state index contributed by atoms with van der Waals surface area (Å²) in [7, 11) is 1.51. The van der Waals surface area contributed by atoms with Gasteiger partial charge in [0.15, 0.2) is 0 Å². The van der Waals surface area contributed by atoms with Gasteiger partial charge < -0.3 is 29.8 Å². The molecule has 3 heterocycles. The van der Waals surface area contributed by atoms with E-state index < -0.39 is 30.1 Å². The predicted octanol–water partition coefficient (Wildman–Crippen LogP) is 2.23. The Hall–Kier alpha value is -3.85. The average molecular weight is 478 g/mol. The molecule has 9 nitrogen and oxygen atoms in total. The molecular weight excluding hydrogens is 450 g/mol. The second kappa shape index (κ2) is 9.42. The minimum atomic E-state index is -1.26. The summed E-state index contributed by atoms with van der Waals surface area (Å²) in [6, 6.07) is 8.94. The fourth-order valence-electron chi connectivity index (χ4n) is 4.96. The van der Waals surface area contributed by atoms with Crippen LogP contribution in [-0.4, -0.2) is 49.8 Å². The summed E-state index contributed by atoms with van der Waals surface area (Å²) in [6.07, 6.45) is 3.80. The van der Waals surface area contributed by atoms with Crippen molar-refractivity contribution in [3.63, 3.8) is 0 Å². The maximum absolute atomic E-state index is 13.0. The number of nitrogens with zero attached hydrogens (tertiary/aromatic N) is 1. The number of rotatable bonds is 6. The first-order valence-corrected chi connectivity index (χ1v) is 11.7. The molecule has 0 unspecified atom stereocenters. The molecular formula is C26H27N3O6. The fourth-order valence-corrected chi connectivity index (χ4v) is 4.96. The quantitative estimate of drug-likeness (QED) is 0.466. The van der Waals surface area contributed by atoms with E-state index in [1.54, 1.807) is 24.3 Å². The number of fused-ring (bicyclic) bond motifs is 2. The van der Waals surface area contributed by atoms with Gasteiger partial charge in [0, 0.05) is 41.5 Å². The molecule has 1 aromatic heterocycles. The van der Waals surface area contributed by atoms with Gasteiger partial charge in [-0.3, -0.25) is 9.59 Å². The second-order valence-electron chi connectivity index (χ2n) is 8.85. The predicted molar refractivity (Wildman–Crippen MR) is 131 cm³/mol. The van der Waals surface area contributed by atoms with Gasteiger partial charge in [-0.1, -0.05) is 6.07 Å². The Labute approximate surface area is 201 Å². The summed E-state index contributed by atoms with van der Waals surface area (Å²) in [6.45, 7) is 1.35. The molecule has 1 atom stereocenters. The number of ether oxygens (including phenoxy) is 1. The molecule has 9 heteroatoms. The number of amides is 2. The fraction of sp³-hybridized carbons (Fsp3) is 0.346. The van der Waals surface area contributed by atoms with Gasteiger partial charge in [0.25, 0.3) is 5.91 Å². The molecule has 3 N–H and O–H groups in total. The van der Waals surface area contributed by atoms with Crippen molar-refractivity contribution in [1.29, 1.82) is 0 Å². The number of carbonyl (C=O) groups is 2. The van der Waals surface area contributed by atoms with Gasteiger partial charge in [0.1, 0.15) is 22.9 Å². The number of methoxy groups -OCH3 is 1. The summed E-state index contributed by atoms with van der Waals surface area (Å²) in [4.78, 5) is 40.8. The number of aliphatic hydroxyl groups excluding tert-OH is 1. The first-order valence-electron chi connectivity index (χ1n) is 11.7. The number of hydrogen-bond donors (Lipinski definition) is 3. The van der Waals surface area contributed by atoms with Gasteiger partial charge in [-0.25, -0.2) is 4.79 Å². The Balaban J connectivity index is 1.41. The van der Waals surface area contributed by atoms with Gasteiger partial charge in [0.05, 0.1) is 13.7 Å². The van der Waals surface area contributed by atoms with Gasteiger partial charge >= 0.3 is 5.63 Å². The van der Waals surface area contributed by atoms with Crippen molar-refractivity contribution in [1.82, 2.24) is 5.32 Å². The van der Waals surface area contributed by atoms with Crippen LogP contribution in [0.4, 0.5) is 11.4 Å². The largest absolute Gasteiger partial charge is 0.497 e. The molecule has 0 bridgehead atoms. The van der Waals surface area contributed by atoms with Crippen molar-refractivity contribution in [2.24, 2.45) is 0 Å². The lowest BCUT2D eigenvalue weighted by Crippen LogP contribution is -2.47. The lowest BCUT2D eigenvalue weighted by molar-refractivity contribution is -0.118. The van der Waals surface area contributed by atoms with E-state index in [-0.39, 0.29) is 5.56 Å². The van der Waals surface area contributed by atoms with E-state index in [4.69, 9.17) is 9.15 Å². The van der Waals surface area contributed by atoms with Crippen molar-refractivity contribution in [2.45, 2.75) is 31.7 Å². The third-order valence-corrected chi connectivity index (χ3v) is 6.60. The van der Waals surface area contributed by atoms with E-state index >= 15 is 0 Å². The molecule has 35 heavy (non-hydrogen) atoms. The Kier molecular flexibility index (Phi) is 6.17. The van der Waals surface area contributed by atoms with Gasteiger partial charge in [0.2, 0.25) is 5.91 Å². The van der Waals surface area contributed by atoms with E-state index in [2.05, 4.69) is 15.5 Å². The Morgan fingerprint density at radius 2 is 1.97 bits per heavy atom. The molecule has 0 radical (unpaired) electrons. The molecule has 2 amide bonds. The summed E-state index contributed by atoms with van der Waals surface area (Å²) in [5.41, 5.74) is 3.38. The zero-order chi connectivity index (χ0) is 24.5. The SMILES string of the molecule is COc1cccc(NC(=O)[C@H](CO)NC(=O)c2cc3cc4c5c(c3oc2=O)CCCN5CCC4)c1. The molecule has 0 saturated heterocycles. The number of aliphatic hydroxyl groups is 1. The summed E-state index contributed by atoms with van der Waals surface area (Å²) < 4.78 is 10.8. The summed E-state index contributed by atoms with van der Waals surface area (Å²) >= 11 is 0. The summed E-state index contributed by atoms with van der Waals surface area (Å²) in [5, 5.41) is 15.5. The third kappa shape index (κ3) is 4.35. The standard InChI is InChI=1S/C26H27N3O6/c1-34-18-7-2-6-17(13-18)27-25(32)21(14-30)28-24(31)20-12-16-11-15-5-3-9-29-10-4-8-19(22(15)29)23(16)35-26(20)33/h2,6-7,11-13,21,30H,3-5,8-10,14H2,1H3,(H,27,32)(H,28,31)/t21-/m0/s1. The smallest absolute Gasteiger partial charge is 0.349 e. The third-order valence-electron chi connectivity index (χ3n) is 6.60. The molecule has 182 valence electrons. The maximum Gasteiger partial charge on any atom is 0.349 e. The topological polar surface area (TPSA) is 121 Å². The van der Waals surface area contributed by atoms with Gasteiger partial charge in [-0.2, -0.15) is 0 Å². The Morgan fingerprint density at radius 3 is 2.74 bits per heavy atom. The van der Waals surface area contributed by atoms with Crippen LogP contribution in [0.3, 0.4) is 0 Å². The number of anilines is 2. The number of nitrogens with one attached hydrogen (secondary N) is 2. The minimum Gasteiger partial charge on any atom is -0.497 e. The number of carbonyl (C=O) groups excluding carboxylic acids is 2. The lowest BCUT2D eigenvalue weighted by atomic mass is 9.90. The highest BCUT2D eigenvalue weighted by Gasteiger charge is 2.28. The van der Waals surface area contributed by atoms with Gasteiger partial charge in [-0.05, 0) is 55.5 Å². The van der Waals surface area contributed by atoms with E-state index in [1.165, 1.54) is 24.4 Å². The van der Waals surface area contributed by atoms with Gasteiger partial charge in [-0.15, -0.1) is 0 Å². The van der Waals surface area contributed by atoms with Crippen LogP contribution in [-0.2, 0) is 17.6 Å². The zero-order valence-electron chi connectivity index (χ0n) is 19.4. The lowest BCUT2D eigenvalue weighted by Gasteiger charge is -2.37. The van der Waals surface area contributed by atoms with Crippen LogP contribution in [0.5, 0.6) is 5.75 Å². The molecule has 0 aliphatic carbocycles. The van der Waals surface area contributed by atoms with Crippen LogP contribution >= 0.6 is 0 Å².